The van der Waals surface area contributed by atoms with E-state index in [2.05, 4.69) is 21.0 Å². The summed E-state index contributed by atoms with van der Waals surface area (Å²) in [7, 11) is 0. The predicted octanol–water partition coefficient (Wildman–Crippen LogP) is 0.590. The lowest BCUT2D eigenvalue weighted by molar-refractivity contribution is -0.133. The van der Waals surface area contributed by atoms with Crippen LogP contribution >= 0.6 is 0 Å². The number of likely N-dealkylation sites (tertiary alicyclic amines) is 1. The highest BCUT2D eigenvalue weighted by atomic mass is 16.5. The summed E-state index contributed by atoms with van der Waals surface area (Å²) in [5, 5.41) is 8.16. The van der Waals surface area contributed by atoms with Crippen molar-refractivity contribution in [2.45, 2.75) is 51.4 Å². The van der Waals surface area contributed by atoms with Gasteiger partial charge in [-0.15, -0.1) is 0 Å². The van der Waals surface area contributed by atoms with Crippen molar-refractivity contribution in [1.29, 1.82) is 0 Å². The highest BCUT2D eigenvalue weighted by molar-refractivity contribution is 5.76. The van der Waals surface area contributed by atoms with Crippen molar-refractivity contribution >= 4 is 5.91 Å². The van der Waals surface area contributed by atoms with Crippen LogP contribution in [0.15, 0.2) is 6.07 Å². The molecular formula is C18H29N5O2. The summed E-state index contributed by atoms with van der Waals surface area (Å²) in [4.78, 5) is 17.2. The zero-order valence-corrected chi connectivity index (χ0v) is 15.0. The zero-order valence-electron chi connectivity index (χ0n) is 15.0. The molecule has 0 bridgehead atoms. The predicted molar refractivity (Wildman–Crippen MR) is 94.0 cm³/mol. The first-order chi connectivity index (χ1) is 12.3. The first kappa shape index (κ1) is 17.0. The number of aromatic nitrogens is 2. The van der Waals surface area contributed by atoms with Crippen LogP contribution in [0, 0.1) is 0 Å². The summed E-state index contributed by atoms with van der Waals surface area (Å²) in [5.74, 6) is 0.221. The van der Waals surface area contributed by atoms with Crippen LogP contribution in [0.2, 0.25) is 0 Å². The molecule has 1 aromatic rings. The number of carbonyl (C=O) groups excluding carboxylic acids is 1. The molecule has 1 atom stereocenters. The van der Waals surface area contributed by atoms with E-state index < -0.39 is 0 Å². The molecule has 1 aromatic heterocycles. The number of carbonyl (C=O) groups is 1. The summed E-state index contributed by atoms with van der Waals surface area (Å²) in [5.41, 5.74) is 2.32. The molecule has 3 aliphatic rings. The summed E-state index contributed by atoms with van der Waals surface area (Å²) >= 11 is 0. The Morgan fingerprint density at radius 1 is 1.24 bits per heavy atom. The van der Waals surface area contributed by atoms with Crippen molar-refractivity contribution in [2.75, 3.05) is 39.4 Å². The number of aryl methyl sites for hydroxylation is 1. The molecule has 0 aromatic carbocycles. The molecule has 0 saturated carbocycles. The second kappa shape index (κ2) is 7.85. The maximum absolute atomic E-state index is 12.7. The maximum atomic E-state index is 12.7. The molecule has 0 aliphatic carbocycles. The molecule has 7 nitrogen and oxygen atoms in total. The fourth-order valence-corrected chi connectivity index (χ4v) is 4.07. The standard InChI is InChI=1S/C18H29N5O2/c24-18(11-16-14-25-9-4-19-16)22-7-3-8-23-17(13-22)10-15(20-23)12-21-5-1-2-6-21/h10,16,19H,1-9,11-14H2/t16-/m0/s1. The zero-order chi connectivity index (χ0) is 17.1. The molecule has 0 unspecified atom stereocenters. The number of hydrogen-bond acceptors (Lipinski definition) is 5. The summed E-state index contributed by atoms with van der Waals surface area (Å²) in [6, 6.07) is 2.35. The average Bonchev–Trinajstić information content (AvgIpc) is 3.21. The Hall–Kier alpha value is -1.44. The third-order valence-corrected chi connectivity index (χ3v) is 5.42. The Labute approximate surface area is 149 Å². The number of nitrogens with one attached hydrogen (secondary N) is 1. The van der Waals surface area contributed by atoms with Gasteiger partial charge in [-0.05, 0) is 38.4 Å². The third kappa shape index (κ3) is 4.22. The number of hydrogen-bond donors (Lipinski definition) is 1. The van der Waals surface area contributed by atoms with Crippen molar-refractivity contribution in [2.24, 2.45) is 0 Å². The van der Waals surface area contributed by atoms with E-state index in [1.54, 1.807) is 0 Å². The van der Waals surface area contributed by atoms with E-state index in [4.69, 9.17) is 9.84 Å². The molecule has 1 amide bonds. The molecule has 7 heteroatoms. The van der Waals surface area contributed by atoms with Crippen LogP contribution in [-0.4, -0.2) is 70.9 Å². The second-order valence-electron chi connectivity index (χ2n) is 7.43. The molecule has 4 heterocycles. The highest BCUT2D eigenvalue weighted by Crippen LogP contribution is 2.18. The van der Waals surface area contributed by atoms with Crippen LogP contribution in [0.4, 0.5) is 0 Å². The van der Waals surface area contributed by atoms with Gasteiger partial charge in [-0.2, -0.15) is 5.10 Å². The molecule has 4 rings (SSSR count). The largest absolute Gasteiger partial charge is 0.378 e. The van der Waals surface area contributed by atoms with Gasteiger partial charge in [0.1, 0.15) is 0 Å². The van der Waals surface area contributed by atoms with Crippen LogP contribution < -0.4 is 5.32 Å². The summed E-state index contributed by atoms with van der Waals surface area (Å²) in [6.45, 7) is 7.93. The topological polar surface area (TPSA) is 62.6 Å². The van der Waals surface area contributed by atoms with Gasteiger partial charge in [-0.1, -0.05) is 0 Å². The van der Waals surface area contributed by atoms with Gasteiger partial charge in [-0.3, -0.25) is 14.4 Å². The Morgan fingerprint density at radius 2 is 2.12 bits per heavy atom. The van der Waals surface area contributed by atoms with Crippen molar-refractivity contribution < 1.29 is 9.53 Å². The average molecular weight is 347 g/mol. The normalized spacial score (nSPS) is 25.0. The van der Waals surface area contributed by atoms with E-state index in [-0.39, 0.29) is 11.9 Å². The molecule has 2 saturated heterocycles. The van der Waals surface area contributed by atoms with Gasteiger partial charge in [0.05, 0.1) is 31.1 Å². The Bertz CT molecular complexity index is 590. The quantitative estimate of drug-likeness (QED) is 0.864. The minimum absolute atomic E-state index is 0.153. The van der Waals surface area contributed by atoms with Gasteiger partial charge in [0.2, 0.25) is 5.91 Å². The van der Waals surface area contributed by atoms with Crippen molar-refractivity contribution in [3.8, 4) is 0 Å². The van der Waals surface area contributed by atoms with Gasteiger partial charge in [0.15, 0.2) is 0 Å². The minimum Gasteiger partial charge on any atom is -0.378 e. The van der Waals surface area contributed by atoms with Gasteiger partial charge in [0, 0.05) is 38.6 Å². The first-order valence-electron chi connectivity index (χ1n) is 9.65. The van der Waals surface area contributed by atoms with Crippen LogP contribution in [-0.2, 0) is 29.2 Å². The van der Waals surface area contributed by atoms with Crippen LogP contribution in [0.3, 0.4) is 0 Å². The number of morpholine rings is 1. The van der Waals surface area contributed by atoms with Crippen molar-refractivity contribution in [3.63, 3.8) is 0 Å². The van der Waals surface area contributed by atoms with Crippen molar-refractivity contribution in [1.82, 2.24) is 24.9 Å². The summed E-state index contributed by atoms with van der Waals surface area (Å²) in [6.07, 6.45) is 4.09. The van der Waals surface area contributed by atoms with Crippen LogP contribution in [0.25, 0.3) is 0 Å². The van der Waals surface area contributed by atoms with E-state index in [1.165, 1.54) is 31.6 Å². The molecule has 25 heavy (non-hydrogen) atoms. The first-order valence-corrected chi connectivity index (χ1v) is 9.65. The van der Waals surface area contributed by atoms with E-state index in [0.29, 0.717) is 19.6 Å². The number of rotatable bonds is 4. The Balaban J connectivity index is 1.37. The molecule has 2 fully saturated rings. The number of fused-ring (bicyclic) bond motifs is 1. The Morgan fingerprint density at radius 3 is 2.92 bits per heavy atom. The molecule has 0 spiro atoms. The summed E-state index contributed by atoms with van der Waals surface area (Å²) < 4.78 is 7.58. The van der Waals surface area contributed by atoms with Gasteiger partial charge in [0.25, 0.3) is 0 Å². The minimum atomic E-state index is 0.153. The lowest BCUT2D eigenvalue weighted by Crippen LogP contribution is -2.45. The third-order valence-electron chi connectivity index (χ3n) is 5.42. The van der Waals surface area contributed by atoms with Crippen molar-refractivity contribution in [3.05, 3.63) is 17.5 Å². The highest BCUT2D eigenvalue weighted by Gasteiger charge is 2.24. The fraction of sp³-hybridized carbons (Fsp3) is 0.778. The molecule has 0 radical (unpaired) electrons. The monoisotopic (exact) mass is 347 g/mol. The number of nitrogens with zero attached hydrogens (tertiary/aromatic N) is 4. The van der Waals surface area contributed by atoms with Gasteiger partial charge < -0.3 is 15.0 Å². The molecule has 1 N–H and O–H groups in total. The smallest absolute Gasteiger partial charge is 0.224 e. The number of amides is 1. The second-order valence-corrected chi connectivity index (χ2v) is 7.43. The van der Waals surface area contributed by atoms with E-state index in [9.17, 15) is 4.79 Å². The molecule has 3 aliphatic heterocycles. The van der Waals surface area contributed by atoms with E-state index in [1.807, 2.05) is 4.90 Å². The maximum Gasteiger partial charge on any atom is 0.224 e. The van der Waals surface area contributed by atoms with Gasteiger partial charge in [-0.25, -0.2) is 0 Å². The fourth-order valence-electron chi connectivity index (χ4n) is 4.07. The lowest BCUT2D eigenvalue weighted by Gasteiger charge is -2.26. The van der Waals surface area contributed by atoms with Crippen LogP contribution in [0.5, 0.6) is 0 Å². The Kier molecular flexibility index (Phi) is 5.33. The lowest BCUT2D eigenvalue weighted by atomic mass is 10.1. The van der Waals surface area contributed by atoms with Gasteiger partial charge >= 0.3 is 0 Å². The molecule has 138 valence electrons. The SMILES string of the molecule is O=C(C[C@H]1COCCN1)N1CCCn2nc(CN3CCCC3)cc2C1. The number of ether oxygens (including phenoxy) is 1. The van der Waals surface area contributed by atoms with E-state index in [0.717, 1.165) is 44.9 Å². The van der Waals surface area contributed by atoms with E-state index >= 15 is 0 Å². The molecular weight excluding hydrogens is 318 g/mol. The van der Waals surface area contributed by atoms with Crippen LogP contribution in [0.1, 0.15) is 37.1 Å².